The monoisotopic (exact) mass is 426 g/mol. The maximum atomic E-state index is 10.3. The molecule has 0 unspecified atom stereocenters. The van der Waals surface area contributed by atoms with Gasteiger partial charge in [-0.3, -0.25) is 0 Å². The highest BCUT2D eigenvalue weighted by Gasteiger charge is 2.17. The van der Waals surface area contributed by atoms with Crippen LogP contribution in [0, 0.1) is 6.92 Å². The first-order valence-electron chi connectivity index (χ1n) is 10.4. The number of fused-ring (bicyclic) bond motifs is 1. The molecule has 3 aromatic heterocycles. The van der Waals surface area contributed by atoms with E-state index in [1.807, 2.05) is 29.8 Å². The number of aromatic nitrogens is 4. The Balaban J connectivity index is 0.000000293. The second kappa shape index (κ2) is 10.1. The van der Waals surface area contributed by atoms with Gasteiger partial charge in [0.2, 0.25) is 5.88 Å². The summed E-state index contributed by atoms with van der Waals surface area (Å²) in [7, 11) is 3.16. The normalized spacial score (nSPS) is 13.2. The fourth-order valence-corrected chi connectivity index (χ4v) is 3.34. The lowest BCUT2D eigenvalue weighted by Crippen LogP contribution is -2.22. The Labute approximate surface area is 182 Å². The summed E-state index contributed by atoms with van der Waals surface area (Å²) in [5.41, 5.74) is 3.71. The number of anilines is 1. The molecule has 1 aliphatic rings. The molecule has 3 aromatic rings. The summed E-state index contributed by atoms with van der Waals surface area (Å²) in [6.45, 7) is 7.75. The first kappa shape index (κ1) is 22.3. The molecule has 0 atom stereocenters. The minimum atomic E-state index is -0.375. The van der Waals surface area contributed by atoms with Gasteiger partial charge in [0.15, 0.2) is 5.65 Å². The molecule has 9 heteroatoms. The minimum absolute atomic E-state index is 0.0325. The Kier molecular flexibility index (Phi) is 7.28. The van der Waals surface area contributed by atoms with Gasteiger partial charge in [0, 0.05) is 26.3 Å². The number of amides is 1. The number of hydrogen-bond acceptors (Lipinski definition) is 7. The van der Waals surface area contributed by atoms with E-state index in [0.717, 1.165) is 41.4 Å². The molecule has 166 valence electrons. The van der Waals surface area contributed by atoms with Crippen LogP contribution in [0.3, 0.4) is 0 Å². The zero-order chi connectivity index (χ0) is 22.4. The third kappa shape index (κ3) is 5.42. The number of pyridine rings is 1. The summed E-state index contributed by atoms with van der Waals surface area (Å²) in [5.74, 6) is 1.58. The highest BCUT2D eigenvalue weighted by molar-refractivity contribution is 5.69. The summed E-state index contributed by atoms with van der Waals surface area (Å²) < 4.78 is 11.9. The SMILES string of the molecule is CNC(=O)OC(C)C.COc1ncc(C)cc1-c1cnc2ccc(N3CCCC3)nn12. The van der Waals surface area contributed by atoms with Crippen molar-refractivity contribution in [3.05, 3.63) is 36.2 Å². The van der Waals surface area contributed by atoms with Gasteiger partial charge in [-0.05, 0) is 57.4 Å². The van der Waals surface area contributed by atoms with Gasteiger partial charge < -0.3 is 19.7 Å². The van der Waals surface area contributed by atoms with Gasteiger partial charge in [0.25, 0.3) is 0 Å². The molecule has 0 aliphatic carbocycles. The zero-order valence-corrected chi connectivity index (χ0v) is 18.8. The first-order chi connectivity index (χ1) is 14.9. The van der Waals surface area contributed by atoms with Gasteiger partial charge in [-0.15, -0.1) is 5.10 Å². The van der Waals surface area contributed by atoms with E-state index >= 15 is 0 Å². The van der Waals surface area contributed by atoms with Crippen molar-refractivity contribution in [2.45, 2.75) is 39.7 Å². The molecule has 0 saturated carbocycles. The van der Waals surface area contributed by atoms with Crippen molar-refractivity contribution < 1.29 is 14.3 Å². The van der Waals surface area contributed by atoms with E-state index in [1.54, 1.807) is 27.2 Å². The molecule has 0 radical (unpaired) electrons. The Morgan fingerprint density at radius 2 is 1.90 bits per heavy atom. The minimum Gasteiger partial charge on any atom is -0.481 e. The molecule has 1 aliphatic heterocycles. The number of carbonyl (C=O) groups excluding carboxylic acids is 1. The van der Waals surface area contributed by atoms with Crippen molar-refractivity contribution in [2.75, 3.05) is 32.1 Å². The summed E-state index contributed by atoms with van der Waals surface area (Å²) in [6.07, 6.45) is 5.68. The fraction of sp³-hybridized carbons (Fsp3) is 0.455. The molecule has 4 heterocycles. The van der Waals surface area contributed by atoms with E-state index in [-0.39, 0.29) is 12.2 Å². The number of nitrogens with zero attached hydrogens (tertiary/aromatic N) is 5. The molecule has 0 spiro atoms. The van der Waals surface area contributed by atoms with Gasteiger partial charge in [0.1, 0.15) is 5.82 Å². The fourth-order valence-electron chi connectivity index (χ4n) is 3.34. The van der Waals surface area contributed by atoms with Crippen molar-refractivity contribution in [3.63, 3.8) is 0 Å². The second-order valence-corrected chi connectivity index (χ2v) is 7.57. The number of methoxy groups -OCH3 is 1. The summed E-state index contributed by atoms with van der Waals surface area (Å²) in [4.78, 5) is 21.4. The standard InChI is InChI=1S/C17H19N5O.C5H11NO2/c1-12-9-13(17(23-2)19-10-12)14-11-18-15-5-6-16(20-22(14)15)21-7-3-4-8-21;1-4(2)8-5(7)6-3/h5-6,9-11H,3-4,7-8H2,1-2H3;4H,1-3H3,(H,6,7). The topological polar surface area (TPSA) is 93.9 Å². The summed E-state index contributed by atoms with van der Waals surface area (Å²) >= 11 is 0. The van der Waals surface area contributed by atoms with E-state index in [9.17, 15) is 4.79 Å². The molecule has 1 fully saturated rings. The van der Waals surface area contributed by atoms with Crippen molar-refractivity contribution in [2.24, 2.45) is 0 Å². The molecule has 0 bridgehead atoms. The van der Waals surface area contributed by atoms with Crippen LogP contribution in [0.2, 0.25) is 0 Å². The van der Waals surface area contributed by atoms with Crippen molar-refractivity contribution >= 4 is 17.6 Å². The van der Waals surface area contributed by atoms with Crippen molar-refractivity contribution in [3.8, 4) is 17.1 Å². The Morgan fingerprint density at radius 1 is 1.16 bits per heavy atom. The third-order valence-corrected chi connectivity index (χ3v) is 4.78. The maximum absolute atomic E-state index is 10.3. The third-order valence-electron chi connectivity index (χ3n) is 4.78. The quantitative estimate of drug-likeness (QED) is 0.683. The predicted octanol–water partition coefficient (Wildman–Crippen LogP) is 3.46. The molecule has 4 rings (SSSR count). The number of imidazole rings is 1. The number of nitrogens with one attached hydrogen (secondary N) is 1. The smallest absolute Gasteiger partial charge is 0.407 e. The number of rotatable bonds is 4. The average molecular weight is 427 g/mol. The van der Waals surface area contributed by atoms with Crippen LogP contribution >= 0.6 is 0 Å². The maximum Gasteiger partial charge on any atom is 0.407 e. The van der Waals surface area contributed by atoms with E-state index in [0.29, 0.717) is 5.88 Å². The molecular weight excluding hydrogens is 396 g/mol. The van der Waals surface area contributed by atoms with Gasteiger partial charge in [-0.2, -0.15) is 0 Å². The lowest BCUT2D eigenvalue weighted by atomic mass is 10.1. The molecule has 1 amide bonds. The van der Waals surface area contributed by atoms with Gasteiger partial charge in [-0.25, -0.2) is 19.3 Å². The summed E-state index contributed by atoms with van der Waals surface area (Å²) in [5, 5.41) is 7.13. The lowest BCUT2D eigenvalue weighted by molar-refractivity contribution is 0.117. The van der Waals surface area contributed by atoms with Crippen LogP contribution in [-0.4, -0.2) is 59.0 Å². The van der Waals surface area contributed by atoms with Crippen LogP contribution in [0.4, 0.5) is 10.6 Å². The van der Waals surface area contributed by atoms with Gasteiger partial charge in [0.05, 0.1) is 30.7 Å². The van der Waals surface area contributed by atoms with E-state index in [1.165, 1.54) is 19.9 Å². The van der Waals surface area contributed by atoms with Crippen LogP contribution < -0.4 is 15.0 Å². The Morgan fingerprint density at radius 3 is 2.52 bits per heavy atom. The van der Waals surface area contributed by atoms with Gasteiger partial charge in [-0.1, -0.05) is 0 Å². The number of carbonyl (C=O) groups is 1. The molecule has 31 heavy (non-hydrogen) atoms. The summed E-state index contributed by atoms with van der Waals surface area (Å²) in [6, 6.07) is 6.11. The predicted molar refractivity (Wildman–Crippen MR) is 120 cm³/mol. The number of hydrogen-bond donors (Lipinski definition) is 1. The molecule has 9 nitrogen and oxygen atoms in total. The zero-order valence-electron chi connectivity index (χ0n) is 18.8. The highest BCUT2D eigenvalue weighted by Crippen LogP contribution is 2.29. The Bertz CT molecular complexity index is 1030. The highest BCUT2D eigenvalue weighted by atomic mass is 16.6. The van der Waals surface area contributed by atoms with Crippen LogP contribution in [0.5, 0.6) is 5.88 Å². The van der Waals surface area contributed by atoms with Gasteiger partial charge >= 0.3 is 6.09 Å². The second-order valence-electron chi connectivity index (χ2n) is 7.57. The van der Waals surface area contributed by atoms with Crippen molar-refractivity contribution in [1.29, 1.82) is 0 Å². The van der Waals surface area contributed by atoms with Crippen LogP contribution in [0.15, 0.2) is 30.6 Å². The molecule has 1 saturated heterocycles. The Hall–Kier alpha value is -3.36. The molecular formula is C22H30N6O3. The van der Waals surface area contributed by atoms with Crippen LogP contribution in [-0.2, 0) is 4.74 Å². The average Bonchev–Trinajstić information content (AvgIpc) is 3.43. The lowest BCUT2D eigenvalue weighted by Gasteiger charge is -2.16. The van der Waals surface area contributed by atoms with Crippen LogP contribution in [0.25, 0.3) is 16.9 Å². The van der Waals surface area contributed by atoms with E-state index in [4.69, 9.17) is 9.84 Å². The first-order valence-corrected chi connectivity index (χ1v) is 10.4. The molecule has 0 aromatic carbocycles. The number of aryl methyl sites for hydroxylation is 1. The number of ether oxygens (including phenoxy) is 2. The molecule has 1 N–H and O–H groups in total. The van der Waals surface area contributed by atoms with Crippen LogP contribution in [0.1, 0.15) is 32.3 Å². The number of alkyl carbamates (subject to hydrolysis) is 1. The van der Waals surface area contributed by atoms with E-state index in [2.05, 4.69) is 31.0 Å². The largest absolute Gasteiger partial charge is 0.481 e. The van der Waals surface area contributed by atoms with Crippen molar-refractivity contribution in [1.82, 2.24) is 24.9 Å². The van der Waals surface area contributed by atoms with E-state index < -0.39 is 0 Å².